The second-order valence-corrected chi connectivity index (χ2v) is 13.1. The predicted molar refractivity (Wildman–Crippen MR) is 144 cm³/mol. The molecular weight excluding hydrogens is 446 g/mol. The van der Waals surface area contributed by atoms with Crippen LogP contribution in [0.2, 0.25) is 0 Å². The number of aliphatic hydroxyl groups excluding tert-OH is 1. The molecule has 5 atom stereocenters. The van der Waals surface area contributed by atoms with E-state index in [0.717, 1.165) is 51.7 Å². The third-order valence-electron chi connectivity index (χ3n) is 10.0. The molecule has 1 aliphatic heterocycles. The largest absolute Gasteiger partial charge is 0.393 e. The normalized spacial score (nSPS) is 37.0. The summed E-state index contributed by atoms with van der Waals surface area (Å²) in [5.74, 6) is 0.965. The van der Waals surface area contributed by atoms with Gasteiger partial charge in [-0.3, -0.25) is 0 Å². The summed E-state index contributed by atoms with van der Waals surface area (Å²) in [6, 6.07) is 9.08. The highest BCUT2D eigenvalue weighted by atomic mass is 16.7. The van der Waals surface area contributed by atoms with Crippen LogP contribution < -0.4 is 5.73 Å². The summed E-state index contributed by atoms with van der Waals surface area (Å²) in [7, 11) is 0. The van der Waals surface area contributed by atoms with Gasteiger partial charge < -0.3 is 20.3 Å². The Bertz CT molecular complexity index is 1090. The van der Waals surface area contributed by atoms with Gasteiger partial charge in [-0.15, -0.1) is 0 Å². The van der Waals surface area contributed by atoms with Crippen molar-refractivity contribution in [2.75, 3.05) is 19.8 Å². The van der Waals surface area contributed by atoms with Crippen LogP contribution in [-0.2, 0) is 9.47 Å². The molecule has 3 N–H and O–H groups in total. The van der Waals surface area contributed by atoms with Crippen LogP contribution in [0.15, 0.2) is 53.1 Å². The molecule has 1 spiro atoms. The van der Waals surface area contributed by atoms with Crippen LogP contribution in [0.5, 0.6) is 0 Å². The highest BCUT2D eigenvalue weighted by molar-refractivity contribution is 5.53. The monoisotopic (exact) mass is 489 g/mol. The maximum absolute atomic E-state index is 11.1. The van der Waals surface area contributed by atoms with E-state index >= 15 is 0 Å². The Balaban J connectivity index is 1.40. The molecule has 194 valence electrons. The van der Waals surface area contributed by atoms with Crippen molar-refractivity contribution < 1.29 is 14.6 Å². The van der Waals surface area contributed by atoms with Gasteiger partial charge in [0.25, 0.3) is 0 Å². The van der Waals surface area contributed by atoms with E-state index in [1.54, 1.807) is 11.1 Å². The molecule has 1 saturated heterocycles. The lowest BCUT2D eigenvalue weighted by Gasteiger charge is -2.53. The lowest BCUT2D eigenvalue weighted by Crippen LogP contribution is -2.49. The molecule has 0 radical (unpaired) electrons. The number of hydrogen-bond acceptors (Lipinski definition) is 4. The number of allylic oxidation sites excluding steroid dienone is 3. The molecule has 36 heavy (non-hydrogen) atoms. The van der Waals surface area contributed by atoms with Gasteiger partial charge in [-0.05, 0) is 84.1 Å². The van der Waals surface area contributed by atoms with Crippen molar-refractivity contribution in [3.63, 3.8) is 0 Å². The van der Waals surface area contributed by atoms with Gasteiger partial charge in [-0.2, -0.15) is 0 Å². The average Bonchev–Trinajstić information content (AvgIpc) is 3.18. The smallest absolute Gasteiger partial charge is 0.188 e. The van der Waals surface area contributed by atoms with Crippen LogP contribution >= 0.6 is 0 Å². The second-order valence-electron chi connectivity index (χ2n) is 13.1. The number of aliphatic hydroxyl groups is 1. The summed E-state index contributed by atoms with van der Waals surface area (Å²) in [5, 5.41) is 11.1. The topological polar surface area (TPSA) is 64.7 Å². The fourth-order valence-electron chi connectivity index (χ4n) is 8.04. The molecule has 5 unspecified atom stereocenters. The summed E-state index contributed by atoms with van der Waals surface area (Å²) in [4.78, 5) is 0. The minimum Gasteiger partial charge on any atom is -0.393 e. The first-order valence-electron chi connectivity index (χ1n) is 14.1. The van der Waals surface area contributed by atoms with Gasteiger partial charge >= 0.3 is 0 Å². The Labute approximate surface area is 216 Å². The van der Waals surface area contributed by atoms with Crippen LogP contribution in [0.3, 0.4) is 0 Å². The van der Waals surface area contributed by atoms with Crippen molar-refractivity contribution in [2.45, 2.75) is 83.5 Å². The van der Waals surface area contributed by atoms with Crippen LogP contribution in [0, 0.1) is 22.7 Å². The predicted octanol–water partition coefficient (Wildman–Crippen LogP) is 6.12. The van der Waals surface area contributed by atoms with Crippen molar-refractivity contribution in [3.8, 4) is 0 Å². The first kappa shape index (κ1) is 24.6. The van der Waals surface area contributed by atoms with Crippen molar-refractivity contribution >= 4 is 6.08 Å². The first-order chi connectivity index (χ1) is 17.2. The molecule has 5 aliphatic rings. The number of fused-ring (bicyclic) bond motifs is 4. The van der Waals surface area contributed by atoms with Crippen molar-refractivity contribution in [1.82, 2.24) is 0 Å². The Morgan fingerprint density at radius 1 is 1.03 bits per heavy atom. The van der Waals surface area contributed by atoms with E-state index in [-0.39, 0.29) is 16.9 Å². The van der Waals surface area contributed by atoms with Crippen molar-refractivity contribution in [2.24, 2.45) is 28.4 Å². The number of hydrogen-bond donors (Lipinski definition) is 2. The Hall–Kier alpha value is -1.72. The average molecular weight is 490 g/mol. The summed E-state index contributed by atoms with van der Waals surface area (Å²) in [5.41, 5.74) is 13.0. The number of ether oxygens (including phenoxy) is 2. The SMILES string of the molecule is CC1(C)COC2(C=C3CCC4C(=C3CC2)C(c2ccc(/C=C/CN)cc2)CC2(C)C(O)CCC42)OC1. The second kappa shape index (κ2) is 8.94. The van der Waals surface area contributed by atoms with Crippen LogP contribution in [0.4, 0.5) is 0 Å². The molecule has 1 aromatic carbocycles. The molecule has 0 aromatic heterocycles. The molecule has 4 heteroatoms. The van der Waals surface area contributed by atoms with E-state index in [1.807, 2.05) is 6.08 Å². The number of rotatable bonds is 3. The van der Waals surface area contributed by atoms with E-state index in [4.69, 9.17) is 15.2 Å². The Morgan fingerprint density at radius 2 is 1.78 bits per heavy atom. The third-order valence-corrected chi connectivity index (χ3v) is 10.0. The summed E-state index contributed by atoms with van der Waals surface area (Å²) in [6.07, 6.45) is 13.6. The lowest BCUT2D eigenvalue weighted by atomic mass is 9.53. The van der Waals surface area contributed by atoms with E-state index in [9.17, 15) is 5.11 Å². The van der Waals surface area contributed by atoms with Crippen molar-refractivity contribution in [3.05, 3.63) is 64.3 Å². The maximum Gasteiger partial charge on any atom is 0.188 e. The lowest BCUT2D eigenvalue weighted by molar-refractivity contribution is -0.275. The quantitative estimate of drug-likeness (QED) is 0.537. The molecular formula is C32H43NO3. The van der Waals surface area contributed by atoms with Gasteiger partial charge in [0.2, 0.25) is 0 Å². The van der Waals surface area contributed by atoms with Gasteiger partial charge in [0, 0.05) is 24.3 Å². The summed E-state index contributed by atoms with van der Waals surface area (Å²) < 4.78 is 12.8. The van der Waals surface area contributed by atoms with Gasteiger partial charge in [0.05, 0.1) is 19.3 Å². The fourth-order valence-corrected chi connectivity index (χ4v) is 8.04. The molecule has 1 aromatic rings. The number of nitrogens with two attached hydrogens (primary N) is 1. The highest BCUT2D eigenvalue weighted by Crippen LogP contribution is 2.64. The number of benzene rings is 1. The molecule has 6 rings (SSSR count). The molecule has 2 saturated carbocycles. The van der Waals surface area contributed by atoms with Gasteiger partial charge in [-0.25, -0.2) is 0 Å². The van der Waals surface area contributed by atoms with Gasteiger partial charge in [0.1, 0.15) is 0 Å². The molecule has 1 heterocycles. The molecule has 4 aliphatic carbocycles. The maximum atomic E-state index is 11.1. The van der Waals surface area contributed by atoms with Crippen LogP contribution in [0.25, 0.3) is 6.08 Å². The zero-order chi connectivity index (χ0) is 25.1. The fraction of sp³-hybridized carbons (Fsp3) is 0.625. The molecule has 3 fully saturated rings. The summed E-state index contributed by atoms with van der Waals surface area (Å²) in [6.45, 7) is 8.85. The minimum atomic E-state index is -0.541. The standard InChI is InChI=1S/C32H43NO3/c1-30(2)19-35-32(36-20-30)15-14-24-23(17-32)10-11-25-27-12-13-28(34)31(27,3)18-26(29(24)25)22-8-6-21(7-9-22)5-4-16-33/h4-9,17,25-28,34H,10-16,18-20,33H2,1-3H3/b5-4+. The van der Waals surface area contributed by atoms with E-state index < -0.39 is 5.79 Å². The van der Waals surface area contributed by atoms with Gasteiger partial charge in [-0.1, -0.05) is 62.8 Å². The Kier molecular flexibility index (Phi) is 6.11. The zero-order valence-electron chi connectivity index (χ0n) is 22.3. The molecule has 4 nitrogen and oxygen atoms in total. The van der Waals surface area contributed by atoms with Crippen LogP contribution in [-0.4, -0.2) is 36.8 Å². The highest BCUT2D eigenvalue weighted by Gasteiger charge is 2.56. The summed E-state index contributed by atoms with van der Waals surface area (Å²) >= 11 is 0. The minimum absolute atomic E-state index is 0.00417. The van der Waals surface area contributed by atoms with Gasteiger partial charge in [0.15, 0.2) is 5.79 Å². The zero-order valence-corrected chi connectivity index (χ0v) is 22.3. The van der Waals surface area contributed by atoms with Crippen molar-refractivity contribution in [1.29, 1.82) is 0 Å². The van der Waals surface area contributed by atoms with Crippen LogP contribution in [0.1, 0.15) is 82.8 Å². The third kappa shape index (κ3) is 4.05. The Morgan fingerprint density at radius 3 is 2.50 bits per heavy atom. The van der Waals surface area contributed by atoms with E-state index in [0.29, 0.717) is 24.3 Å². The van der Waals surface area contributed by atoms with E-state index in [1.165, 1.54) is 23.1 Å². The molecule has 0 bridgehead atoms. The van der Waals surface area contributed by atoms with E-state index in [2.05, 4.69) is 57.2 Å². The molecule has 0 amide bonds. The first-order valence-corrected chi connectivity index (χ1v) is 14.1.